The molecule has 0 saturated heterocycles. The van der Waals surface area contributed by atoms with Crippen LogP contribution in [-0.2, 0) is 23.2 Å². The second-order valence-corrected chi connectivity index (χ2v) is 10.0. The van der Waals surface area contributed by atoms with Gasteiger partial charge in [-0.15, -0.1) is 0 Å². The quantitative estimate of drug-likeness (QED) is 0.329. The van der Waals surface area contributed by atoms with Crippen molar-refractivity contribution in [3.63, 3.8) is 0 Å². The lowest BCUT2D eigenvalue weighted by Crippen LogP contribution is -2.23. The van der Waals surface area contributed by atoms with Crippen LogP contribution in [0.2, 0.25) is 5.02 Å². The number of aliphatic hydroxyl groups excluding tert-OH is 1. The van der Waals surface area contributed by atoms with Crippen molar-refractivity contribution >= 4 is 40.0 Å². The van der Waals surface area contributed by atoms with Gasteiger partial charge in [-0.1, -0.05) is 18.5 Å². The normalized spacial score (nSPS) is 16.4. The lowest BCUT2D eigenvalue weighted by molar-refractivity contribution is -0.120. The van der Waals surface area contributed by atoms with Crippen molar-refractivity contribution in [2.45, 2.75) is 38.1 Å². The Morgan fingerprint density at radius 2 is 2.14 bits per heavy atom. The molecular formula is C28H27ClN6O2. The SMILES string of the molecule is CNC(=O)CCn1ccc2c(Nc3nccc(-c4cc(C#N)c5c(c4)C(C)(CO)CC5)n3)cc(Cl)cc21. The van der Waals surface area contributed by atoms with Gasteiger partial charge in [-0.3, -0.25) is 4.79 Å². The molecule has 0 radical (unpaired) electrons. The van der Waals surface area contributed by atoms with Gasteiger partial charge in [0.05, 0.1) is 35.1 Å². The van der Waals surface area contributed by atoms with Gasteiger partial charge in [0.2, 0.25) is 11.9 Å². The number of carbonyl (C=O) groups is 1. The lowest BCUT2D eigenvalue weighted by Gasteiger charge is -2.23. The number of nitrogens with one attached hydrogen (secondary N) is 2. The first-order valence-electron chi connectivity index (χ1n) is 12.1. The molecule has 37 heavy (non-hydrogen) atoms. The molecule has 1 atom stereocenters. The topological polar surface area (TPSA) is 116 Å². The second kappa shape index (κ2) is 9.85. The third-order valence-corrected chi connectivity index (χ3v) is 7.42. The zero-order valence-electron chi connectivity index (χ0n) is 20.7. The Hall–Kier alpha value is -3.93. The van der Waals surface area contributed by atoms with Gasteiger partial charge >= 0.3 is 0 Å². The maximum absolute atomic E-state index is 11.7. The number of halogens is 1. The summed E-state index contributed by atoms with van der Waals surface area (Å²) in [5.74, 6) is 0.362. The molecule has 188 valence electrons. The monoisotopic (exact) mass is 514 g/mol. The van der Waals surface area contributed by atoms with Crippen molar-refractivity contribution in [3.8, 4) is 17.3 Å². The maximum Gasteiger partial charge on any atom is 0.227 e. The minimum absolute atomic E-state index is 0.0262. The number of aliphatic hydroxyl groups is 1. The molecule has 0 aliphatic heterocycles. The predicted molar refractivity (Wildman–Crippen MR) is 144 cm³/mol. The molecule has 1 aliphatic rings. The van der Waals surface area contributed by atoms with Crippen LogP contribution in [0.15, 0.2) is 48.8 Å². The van der Waals surface area contributed by atoms with Crippen LogP contribution in [0.5, 0.6) is 0 Å². The molecular weight excluding hydrogens is 488 g/mol. The molecule has 1 amide bonds. The molecule has 0 saturated carbocycles. The number of amides is 1. The zero-order chi connectivity index (χ0) is 26.2. The van der Waals surface area contributed by atoms with Gasteiger partial charge in [-0.05, 0) is 60.4 Å². The largest absolute Gasteiger partial charge is 0.395 e. The second-order valence-electron chi connectivity index (χ2n) is 9.59. The summed E-state index contributed by atoms with van der Waals surface area (Å²) < 4.78 is 1.99. The van der Waals surface area contributed by atoms with Gasteiger partial charge in [0.15, 0.2) is 0 Å². The van der Waals surface area contributed by atoms with E-state index in [1.54, 1.807) is 13.2 Å². The van der Waals surface area contributed by atoms with Crippen LogP contribution in [0.3, 0.4) is 0 Å². The third-order valence-electron chi connectivity index (χ3n) is 7.21. The average molecular weight is 515 g/mol. The summed E-state index contributed by atoms with van der Waals surface area (Å²) in [5.41, 5.74) is 5.39. The standard InChI is InChI=1S/C28H27ClN6O2/c1-28(16-36)7-3-20-18(15-30)11-17(12-22(20)28)23-4-8-32-27(33-23)34-24-13-19(29)14-25-21(24)5-9-35(25)10-6-26(37)31-2/h4-5,8-9,11-14,36H,3,6-7,10,16H2,1-2H3,(H,31,37)(H,32,33,34). The van der Waals surface area contributed by atoms with Gasteiger partial charge < -0.3 is 20.3 Å². The summed E-state index contributed by atoms with van der Waals surface area (Å²) in [6.45, 7) is 2.58. The molecule has 2 aromatic carbocycles. The third kappa shape index (κ3) is 4.64. The molecule has 5 rings (SSSR count). The van der Waals surface area contributed by atoms with E-state index in [9.17, 15) is 15.2 Å². The first-order chi connectivity index (χ1) is 17.8. The van der Waals surface area contributed by atoms with Crippen LogP contribution < -0.4 is 10.6 Å². The van der Waals surface area contributed by atoms with Crippen LogP contribution in [-0.4, -0.2) is 39.2 Å². The number of fused-ring (bicyclic) bond motifs is 2. The molecule has 3 N–H and O–H groups in total. The van der Waals surface area contributed by atoms with Crippen LogP contribution >= 0.6 is 11.6 Å². The number of nitrogens with zero attached hydrogens (tertiary/aromatic N) is 4. The molecule has 0 spiro atoms. The van der Waals surface area contributed by atoms with Crippen molar-refractivity contribution in [1.29, 1.82) is 5.26 Å². The molecule has 9 heteroatoms. The summed E-state index contributed by atoms with van der Waals surface area (Å²) in [6.07, 6.45) is 5.55. The molecule has 1 aliphatic carbocycles. The highest BCUT2D eigenvalue weighted by molar-refractivity contribution is 6.32. The molecule has 1 unspecified atom stereocenters. The molecule has 2 aromatic heterocycles. The highest BCUT2D eigenvalue weighted by Gasteiger charge is 2.35. The molecule has 0 fully saturated rings. The fourth-order valence-corrected chi connectivity index (χ4v) is 5.25. The number of aryl methyl sites for hydroxylation is 1. The minimum atomic E-state index is -0.373. The van der Waals surface area contributed by atoms with E-state index in [1.807, 2.05) is 54.1 Å². The Kier molecular flexibility index (Phi) is 6.59. The number of rotatable bonds is 7. The Bertz CT molecular complexity index is 1560. The smallest absolute Gasteiger partial charge is 0.227 e. The Morgan fingerprint density at radius 3 is 2.89 bits per heavy atom. The fourth-order valence-electron chi connectivity index (χ4n) is 5.03. The highest BCUT2D eigenvalue weighted by Crippen LogP contribution is 2.42. The fraction of sp³-hybridized carbons (Fsp3) is 0.286. The zero-order valence-corrected chi connectivity index (χ0v) is 21.4. The van der Waals surface area contributed by atoms with Gasteiger partial charge in [-0.25, -0.2) is 9.97 Å². The van der Waals surface area contributed by atoms with Gasteiger partial charge in [0.1, 0.15) is 0 Å². The summed E-state index contributed by atoms with van der Waals surface area (Å²) >= 11 is 6.44. The minimum Gasteiger partial charge on any atom is -0.395 e. The first-order valence-corrected chi connectivity index (χ1v) is 12.5. The van der Waals surface area contributed by atoms with Crippen molar-refractivity contribution in [3.05, 3.63) is 70.5 Å². The van der Waals surface area contributed by atoms with E-state index in [0.717, 1.165) is 46.1 Å². The van der Waals surface area contributed by atoms with Crippen LogP contribution in [0.25, 0.3) is 22.2 Å². The number of carbonyl (C=O) groups excluding carboxylic acids is 1. The highest BCUT2D eigenvalue weighted by atomic mass is 35.5. The molecule has 2 heterocycles. The first kappa shape index (κ1) is 24.8. The number of hydrogen-bond acceptors (Lipinski definition) is 6. The van der Waals surface area contributed by atoms with E-state index in [2.05, 4.69) is 21.7 Å². The summed E-state index contributed by atoms with van der Waals surface area (Å²) in [5, 5.41) is 27.2. The average Bonchev–Trinajstić information content (AvgIpc) is 3.48. The predicted octanol–water partition coefficient (Wildman–Crippen LogP) is 4.70. The Morgan fingerprint density at radius 1 is 1.30 bits per heavy atom. The summed E-state index contributed by atoms with van der Waals surface area (Å²) in [4.78, 5) is 20.8. The van der Waals surface area contributed by atoms with E-state index in [-0.39, 0.29) is 17.9 Å². The summed E-state index contributed by atoms with van der Waals surface area (Å²) in [7, 11) is 1.62. The van der Waals surface area contributed by atoms with Crippen LogP contribution in [0, 0.1) is 11.3 Å². The van der Waals surface area contributed by atoms with Crippen molar-refractivity contribution in [2.24, 2.45) is 0 Å². The van der Waals surface area contributed by atoms with E-state index in [0.29, 0.717) is 35.2 Å². The van der Waals surface area contributed by atoms with E-state index >= 15 is 0 Å². The van der Waals surface area contributed by atoms with E-state index in [4.69, 9.17) is 16.6 Å². The van der Waals surface area contributed by atoms with E-state index < -0.39 is 0 Å². The van der Waals surface area contributed by atoms with Crippen molar-refractivity contribution in [2.75, 3.05) is 19.0 Å². The maximum atomic E-state index is 11.7. The number of anilines is 2. The van der Waals surface area contributed by atoms with Crippen LogP contribution in [0.4, 0.5) is 11.6 Å². The number of aromatic nitrogens is 3. The molecule has 0 bridgehead atoms. The van der Waals surface area contributed by atoms with Gasteiger partial charge in [0, 0.05) is 53.8 Å². The summed E-state index contributed by atoms with van der Waals surface area (Å²) in [6, 6.07) is 13.7. The van der Waals surface area contributed by atoms with Crippen molar-refractivity contribution in [1.82, 2.24) is 19.9 Å². The van der Waals surface area contributed by atoms with Crippen molar-refractivity contribution < 1.29 is 9.90 Å². The Labute approximate surface area is 219 Å². The molecule has 8 nitrogen and oxygen atoms in total. The number of benzene rings is 2. The van der Waals surface area contributed by atoms with Crippen LogP contribution in [0.1, 0.15) is 36.5 Å². The van der Waals surface area contributed by atoms with Gasteiger partial charge in [-0.2, -0.15) is 5.26 Å². The lowest BCUT2D eigenvalue weighted by atomic mass is 9.83. The van der Waals surface area contributed by atoms with E-state index in [1.165, 1.54) is 0 Å². The molecule has 4 aromatic rings. The van der Waals surface area contributed by atoms with Gasteiger partial charge in [0.25, 0.3) is 0 Å². The number of hydrogen-bond donors (Lipinski definition) is 3. The number of nitriles is 1. The Balaban J connectivity index is 1.49.